The van der Waals surface area contributed by atoms with Crippen LogP contribution in [0.15, 0.2) is 48.5 Å². The molecule has 0 radical (unpaired) electrons. The molecule has 3 nitrogen and oxygen atoms in total. The third kappa shape index (κ3) is 3.14. The van der Waals surface area contributed by atoms with Crippen LogP contribution in [-0.2, 0) is 13.2 Å². The Morgan fingerprint density at radius 1 is 1.04 bits per heavy atom. The van der Waals surface area contributed by atoms with Crippen molar-refractivity contribution in [2.24, 2.45) is 0 Å². The summed E-state index contributed by atoms with van der Waals surface area (Å²) in [6.07, 6.45) is 0. The molecule has 0 aliphatic rings. The van der Waals surface area contributed by atoms with Crippen LogP contribution in [0.2, 0.25) is 0 Å². The Hall–Kier alpha value is -2.53. The third-order valence-electron chi connectivity index (χ3n) is 3.72. The number of rotatable bonds is 4. The highest BCUT2D eigenvalue weighted by Gasteiger charge is 2.12. The van der Waals surface area contributed by atoms with Crippen molar-refractivity contribution in [2.75, 3.05) is 11.9 Å². The molecule has 0 unspecified atom stereocenters. The molecule has 118 valence electrons. The summed E-state index contributed by atoms with van der Waals surface area (Å²) in [5, 5.41) is 10.5. The minimum Gasteiger partial charge on any atom is -0.392 e. The molecular weight excluding hydrogens is 298 g/mol. The van der Waals surface area contributed by atoms with Gasteiger partial charge in [-0.15, -0.1) is 0 Å². The van der Waals surface area contributed by atoms with Crippen molar-refractivity contribution in [3.8, 4) is 0 Å². The number of halogens is 2. The molecule has 0 aliphatic carbocycles. The number of pyridine rings is 1. The van der Waals surface area contributed by atoms with Gasteiger partial charge in [-0.05, 0) is 29.8 Å². The number of benzene rings is 2. The molecule has 0 amide bonds. The quantitative estimate of drug-likeness (QED) is 0.799. The highest BCUT2D eigenvalue weighted by atomic mass is 19.2. The predicted molar refractivity (Wildman–Crippen MR) is 86.1 cm³/mol. The molecule has 1 N–H and O–H groups in total. The van der Waals surface area contributed by atoms with Crippen LogP contribution in [0.5, 0.6) is 0 Å². The Labute approximate surface area is 132 Å². The molecule has 0 saturated carbocycles. The number of hydrogen-bond acceptors (Lipinski definition) is 3. The van der Waals surface area contributed by atoms with Gasteiger partial charge < -0.3 is 10.0 Å². The second-order valence-corrected chi connectivity index (χ2v) is 5.43. The van der Waals surface area contributed by atoms with Gasteiger partial charge >= 0.3 is 0 Å². The zero-order chi connectivity index (χ0) is 16.4. The lowest BCUT2D eigenvalue weighted by molar-refractivity contribution is 0.282. The molecule has 2 aromatic carbocycles. The molecular formula is C18H16F2N2O. The minimum atomic E-state index is -0.871. The summed E-state index contributed by atoms with van der Waals surface area (Å²) >= 11 is 0. The van der Waals surface area contributed by atoms with Gasteiger partial charge in [0.25, 0.3) is 0 Å². The van der Waals surface area contributed by atoms with Gasteiger partial charge in [-0.1, -0.05) is 24.3 Å². The zero-order valence-corrected chi connectivity index (χ0v) is 12.6. The molecule has 0 fully saturated rings. The number of para-hydroxylation sites is 1. The van der Waals surface area contributed by atoms with Gasteiger partial charge in [-0.25, -0.2) is 13.8 Å². The largest absolute Gasteiger partial charge is 0.392 e. The highest BCUT2D eigenvalue weighted by Crippen LogP contribution is 2.24. The van der Waals surface area contributed by atoms with Crippen molar-refractivity contribution in [3.05, 3.63) is 71.3 Å². The number of nitrogens with zero attached hydrogens (tertiary/aromatic N) is 2. The molecule has 0 aliphatic heterocycles. The fourth-order valence-electron chi connectivity index (χ4n) is 2.58. The second kappa shape index (κ2) is 6.30. The van der Waals surface area contributed by atoms with E-state index in [0.29, 0.717) is 23.5 Å². The first-order valence-corrected chi connectivity index (χ1v) is 7.23. The maximum absolute atomic E-state index is 13.3. The molecule has 3 rings (SSSR count). The Kier molecular flexibility index (Phi) is 4.21. The van der Waals surface area contributed by atoms with Crippen LogP contribution in [-0.4, -0.2) is 17.1 Å². The number of hydrogen-bond donors (Lipinski definition) is 1. The van der Waals surface area contributed by atoms with E-state index in [0.717, 1.165) is 17.0 Å². The Morgan fingerprint density at radius 3 is 2.57 bits per heavy atom. The van der Waals surface area contributed by atoms with Crippen LogP contribution in [0.1, 0.15) is 11.1 Å². The van der Waals surface area contributed by atoms with Crippen molar-refractivity contribution in [1.29, 1.82) is 0 Å². The number of aromatic nitrogens is 1. The summed E-state index contributed by atoms with van der Waals surface area (Å²) in [6, 6.07) is 13.3. The Balaban J connectivity index is 1.95. The average Bonchev–Trinajstić information content (AvgIpc) is 2.57. The maximum atomic E-state index is 13.3. The van der Waals surface area contributed by atoms with E-state index in [2.05, 4.69) is 4.98 Å². The monoisotopic (exact) mass is 314 g/mol. The summed E-state index contributed by atoms with van der Waals surface area (Å²) < 4.78 is 26.4. The van der Waals surface area contributed by atoms with E-state index >= 15 is 0 Å². The van der Waals surface area contributed by atoms with Gasteiger partial charge in [0.05, 0.1) is 12.1 Å². The molecule has 3 aromatic rings. The van der Waals surface area contributed by atoms with Crippen LogP contribution in [0.4, 0.5) is 14.6 Å². The molecule has 23 heavy (non-hydrogen) atoms. The third-order valence-corrected chi connectivity index (χ3v) is 3.72. The Morgan fingerprint density at radius 2 is 1.83 bits per heavy atom. The van der Waals surface area contributed by atoms with E-state index in [1.807, 2.05) is 35.2 Å². The minimum absolute atomic E-state index is 0.144. The van der Waals surface area contributed by atoms with Gasteiger partial charge in [-0.3, -0.25) is 0 Å². The van der Waals surface area contributed by atoms with Crippen LogP contribution in [0.25, 0.3) is 10.9 Å². The SMILES string of the molecule is CN(Cc1ccc(F)c(F)c1)c1nc2ccccc2cc1CO. The molecule has 0 bridgehead atoms. The van der Waals surface area contributed by atoms with Crippen molar-refractivity contribution < 1.29 is 13.9 Å². The van der Waals surface area contributed by atoms with Crippen molar-refractivity contribution in [2.45, 2.75) is 13.2 Å². The standard InChI is InChI=1S/C18H16F2N2O/c1-22(10-12-6-7-15(19)16(20)8-12)18-14(11-23)9-13-4-2-3-5-17(13)21-18/h2-9,23H,10-11H2,1H3. The Bertz CT molecular complexity index is 852. The van der Waals surface area contributed by atoms with Gasteiger partial charge in [0, 0.05) is 24.5 Å². The summed E-state index contributed by atoms with van der Waals surface area (Å²) in [7, 11) is 1.80. The van der Waals surface area contributed by atoms with Crippen LogP contribution in [0, 0.1) is 11.6 Å². The van der Waals surface area contributed by atoms with E-state index in [4.69, 9.17) is 0 Å². The number of aliphatic hydroxyl groups excluding tert-OH is 1. The lowest BCUT2D eigenvalue weighted by Crippen LogP contribution is -2.19. The zero-order valence-electron chi connectivity index (χ0n) is 12.6. The number of fused-ring (bicyclic) bond motifs is 1. The first kappa shape index (κ1) is 15.4. The summed E-state index contributed by atoms with van der Waals surface area (Å²) in [5.74, 6) is -1.11. The van der Waals surface area contributed by atoms with Crippen molar-refractivity contribution in [1.82, 2.24) is 4.98 Å². The van der Waals surface area contributed by atoms with E-state index < -0.39 is 11.6 Å². The molecule has 1 heterocycles. The number of anilines is 1. The van der Waals surface area contributed by atoms with E-state index in [9.17, 15) is 13.9 Å². The summed E-state index contributed by atoms with van der Waals surface area (Å²) in [6.45, 7) is 0.213. The van der Waals surface area contributed by atoms with Crippen molar-refractivity contribution in [3.63, 3.8) is 0 Å². The fraction of sp³-hybridized carbons (Fsp3) is 0.167. The van der Waals surface area contributed by atoms with Gasteiger partial charge in [0.1, 0.15) is 5.82 Å². The van der Waals surface area contributed by atoms with Gasteiger partial charge in [0.2, 0.25) is 0 Å². The molecule has 0 spiro atoms. The lowest BCUT2D eigenvalue weighted by Gasteiger charge is -2.21. The maximum Gasteiger partial charge on any atom is 0.159 e. The van der Waals surface area contributed by atoms with Crippen molar-refractivity contribution >= 4 is 16.7 Å². The van der Waals surface area contributed by atoms with E-state index in [1.165, 1.54) is 12.1 Å². The molecule has 0 saturated heterocycles. The first-order chi connectivity index (χ1) is 11.1. The molecule has 1 aromatic heterocycles. The lowest BCUT2D eigenvalue weighted by atomic mass is 10.1. The molecule has 5 heteroatoms. The predicted octanol–water partition coefficient (Wildman–Crippen LogP) is 3.64. The number of aliphatic hydroxyl groups is 1. The van der Waals surface area contributed by atoms with Crippen LogP contribution < -0.4 is 4.90 Å². The van der Waals surface area contributed by atoms with Gasteiger partial charge in [-0.2, -0.15) is 0 Å². The summed E-state index contributed by atoms with van der Waals surface area (Å²) in [4.78, 5) is 6.39. The van der Waals surface area contributed by atoms with E-state index in [-0.39, 0.29) is 6.61 Å². The second-order valence-electron chi connectivity index (χ2n) is 5.43. The van der Waals surface area contributed by atoms with Gasteiger partial charge in [0.15, 0.2) is 11.6 Å². The first-order valence-electron chi connectivity index (χ1n) is 7.23. The van der Waals surface area contributed by atoms with E-state index in [1.54, 1.807) is 7.05 Å². The topological polar surface area (TPSA) is 36.4 Å². The average molecular weight is 314 g/mol. The summed E-state index contributed by atoms with van der Waals surface area (Å²) in [5.41, 5.74) is 2.14. The van der Waals surface area contributed by atoms with Crippen LogP contribution in [0.3, 0.4) is 0 Å². The molecule has 0 atom stereocenters. The fourth-order valence-corrected chi connectivity index (χ4v) is 2.58. The van der Waals surface area contributed by atoms with Crippen LogP contribution >= 0.6 is 0 Å². The highest BCUT2D eigenvalue weighted by molar-refractivity contribution is 5.81. The smallest absolute Gasteiger partial charge is 0.159 e. The normalized spacial score (nSPS) is 11.0.